The highest BCUT2D eigenvalue weighted by Gasteiger charge is 2.44. The van der Waals surface area contributed by atoms with Crippen LogP contribution >= 0.6 is 11.8 Å². The van der Waals surface area contributed by atoms with Crippen LogP contribution in [-0.2, 0) is 9.53 Å². The van der Waals surface area contributed by atoms with Gasteiger partial charge in [0.05, 0.1) is 19.1 Å². The van der Waals surface area contributed by atoms with Gasteiger partial charge in [-0.25, -0.2) is 4.98 Å². The van der Waals surface area contributed by atoms with Gasteiger partial charge in [-0.15, -0.1) is 11.8 Å². The van der Waals surface area contributed by atoms with Crippen LogP contribution in [0.2, 0.25) is 0 Å². The molecule has 1 aromatic rings. The molecule has 0 bridgehead atoms. The number of hydrogen-bond donors (Lipinski definition) is 0. The Bertz CT molecular complexity index is 492. The normalized spacial score (nSPS) is 15.8. The predicted octanol–water partition coefficient (Wildman–Crippen LogP) is 2.39. The van der Waals surface area contributed by atoms with Gasteiger partial charge in [0.25, 0.3) is 0 Å². The number of nitrogens with zero attached hydrogens (tertiary/aromatic N) is 2. The van der Waals surface area contributed by atoms with Crippen molar-refractivity contribution in [1.29, 1.82) is 5.26 Å². The van der Waals surface area contributed by atoms with Crippen LogP contribution in [-0.4, -0.2) is 23.8 Å². The summed E-state index contributed by atoms with van der Waals surface area (Å²) in [6.45, 7) is 0. The molecular formula is C13H14N2O2S. The van der Waals surface area contributed by atoms with Crippen LogP contribution in [0.3, 0.4) is 0 Å². The molecule has 0 saturated heterocycles. The Hall–Kier alpha value is -1.54. The first-order valence-electron chi connectivity index (χ1n) is 5.74. The van der Waals surface area contributed by atoms with Crippen LogP contribution in [0.25, 0.3) is 0 Å². The number of esters is 1. The van der Waals surface area contributed by atoms with Gasteiger partial charge < -0.3 is 4.74 Å². The lowest BCUT2D eigenvalue weighted by Gasteiger charge is -2.12. The van der Waals surface area contributed by atoms with E-state index in [1.807, 2.05) is 0 Å². The molecule has 0 spiro atoms. The zero-order valence-electron chi connectivity index (χ0n) is 10.2. The maximum atomic E-state index is 11.3. The third-order valence-corrected chi connectivity index (χ3v) is 4.47. The average molecular weight is 262 g/mol. The molecule has 0 N–H and O–H groups in total. The second-order valence-electron chi connectivity index (χ2n) is 4.51. The Labute approximate surface area is 110 Å². The maximum absolute atomic E-state index is 11.3. The highest BCUT2D eigenvalue weighted by Crippen LogP contribution is 2.52. The van der Waals surface area contributed by atoms with Gasteiger partial charge in [0.2, 0.25) is 0 Å². The van der Waals surface area contributed by atoms with Crippen molar-refractivity contribution in [3.8, 4) is 6.07 Å². The van der Waals surface area contributed by atoms with Crippen LogP contribution in [0, 0.1) is 16.7 Å². The number of carbonyl (C=O) groups excluding carboxylic acids is 1. The summed E-state index contributed by atoms with van der Waals surface area (Å²) in [6, 6.07) is 5.64. The lowest BCUT2D eigenvalue weighted by atomic mass is 10.1. The standard InChI is InChI=1S/C13H14N2O2S/c1-17-11(16)7-13(4-5-13)9-18-12-10(8-14)3-2-6-15-12/h2-3,6H,4-5,7,9H2,1H3. The van der Waals surface area contributed by atoms with E-state index in [0.29, 0.717) is 12.0 Å². The number of aromatic nitrogens is 1. The van der Waals surface area contributed by atoms with Crippen LogP contribution in [0.1, 0.15) is 24.8 Å². The fourth-order valence-corrected chi connectivity index (χ4v) is 2.98. The number of rotatable bonds is 5. The molecule has 1 heterocycles. The summed E-state index contributed by atoms with van der Waals surface area (Å²) < 4.78 is 4.71. The minimum Gasteiger partial charge on any atom is -0.469 e. The fourth-order valence-electron chi connectivity index (χ4n) is 1.74. The lowest BCUT2D eigenvalue weighted by molar-refractivity contribution is -0.141. The molecule has 0 unspecified atom stereocenters. The molecule has 4 nitrogen and oxygen atoms in total. The Balaban J connectivity index is 1.96. The first kappa shape index (κ1) is 12.9. The lowest BCUT2D eigenvalue weighted by Crippen LogP contribution is -2.13. The van der Waals surface area contributed by atoms with Crippen LogP contribution < -0.4 is 0 Å². The molecule has 0 aromatic carbocycles. The number of thioether (sulfide) groups is 1. The van der Waals surface area contributed by atoms with E-state index < -0.39 is 0 Å². The highest BCUT2D eigenvalue weighted by molar-refractivity contribution is 7.99. The van der Waals surface area contributed by atoms with Crippen LogP contribution in [0.4, 0.5) is 0 Å². The van der Waals surface area contributed by atoms with Gasteiger partial charge in [0, 0.05) is 11.9 Å². The Kier molecular flexibility index (Phi) is 3.87. The minimum absolute atomic E-state index is 0.0575. The first-order chi connectivity index (χ1) is 8.69. The van der Waals surface area contributed by atoms with Crippen molar-refractivity contribution in [1.82, 2.24) is 4.98 Å². The van der Waals surface area contributed by atoms with Crippen LogP contribution in [0.5, 0.6) is 0 Å². The van der Waals surface area contributed by atoms with Gasteiger partial charge in [-0.1, -0.05) is 0 Å². The SMILES string of the molecule is COC(=O)CC1(CSc2ncccc2C#N)CC1. The molecule has 1 saturated carbocycles. The second-order valence-corrected chi connectivity index (χ2v) is 5.47. The van der Waals surface area contributed by atoms with Crippen molar-refractivity contribution in [2.45, 2.75) is 24.3 Å². The summed E-state index contributed by atoms with van der Waals surface area (Å²) in [5, 5.41) is 9.72. The van der Waals surface area contributed by atoms with Gasteiger partial charge in [-0.3, -0.25) is 4.79 Å². The highest BCUT2D eigenvalue weighted by atomic mass is 32.2. The summed E-state index contributed by atoms with van der Waals surface area (Å²) in [5.74, 6) is 0.656. The second kappa shape index (κ2) is 5.40. The molecule has 1 aromatic heterocycles. The molecular weight excluding hydrogens is 248 g/mol. The van der Waals surface area contributed by atoms with E-state index >= 15 is 0 Å². The Morgan fingerprint density at radius 1 is 1.67 bits per heavy atom. The van der Waals surface area contributed by atoms with Crippen molar-refractivity contribution in [3.63, 3.8) is 0 Å². The van der Waals surface area contributed by atoms with E-state index in [-0.39, 0.29) is 11.4 Å². The molecule has 0 aliphatic heterocycles. The molecule has 0 amide bonds. The van der Waals surface area contributed by atoms with Crippen molar-refractivity contribution in [3.05, 3.63) is 23.9 Å². The predicted molar refractivity (Wildman–Crippen MR) is 68.0 cm³/mol. The largest absolute Gasteiger partial charge is 0.469 e. The minimum atomic E-state index is -0.158. The number of carbonyl (C=O) groups is 1. The summed E-state index contributed by atoms with van der Waals surface area (Å²) in [7, 11) is 1.41. The summed E-state index contributed by atoms with van der Waals surface area (Å²) in [5.41, 5.74) is 0.651. The molecule has 2 rings (SSSR count). The Morgan fingerprint density at radius 2 is 2.44 bits per heavy atom. The number of nitriles is 1. The van der Waals surface area contributed by atoms with E-state index in [0.717, 1.165) is 23.6 Å². The van der Waals surface area contributed by atoms with Gasteiger partial charge in [0.15, 0.2) is 0 Å². The molecule has 5 heteroatoms. The van der Waals surface area contributed by atoms with E-state index in [1.165, 1.54) is 7.11 Å². The van der Waals surface area contributed by atoms with Gasteiger partial charge >= 0.3 is 5.97 Å². The van der Waals surface area contributed by atoms with Crippen molar-refractivity contribution < 1.29 is 9.53 Å². The average Bonchev–Trinajstić information content (AvgIpc) is 3.16. The Morgan fingerprint density at radius 3 is 3.06 bits per heavy atom. The summed E-state index contributed by atoms with van der Waals surface area (Å²) >= 11 is 1.55. The van der Waals surface area contributed by atoms with Crippen molar-refractivity contribution in [2.75, 3.05) is 12.9 Å². The maximum Gasteiger partial charge on any atom is 0.306 e. The molecule has 18 heavy (non-hydrogen) atoms. The molecule has 1 fully saturated rings. The van der Waals surface area contributed by atoms with Crippen molar-refractivity contribution >= 4 is 17.7 Å². The third kappa shape index (κ3) is 3.02. The zero-order valence-corrected chi connectivity index (χ0v) is 11.0. The molecule has 94 valence electrons. The number of methoxy groups -OCH3 is 1. The van der Waals surface area contributed by atoms with E-state index in [4.69, 9.17) is 10.00 Å². The molecule has 0 atom stereocenters. The van der Waals surface area contributed by atoms with E-state index in [1.54, 1.807) is 30.1 Å². The first-order valence-corrected chi connectivity index (χ1v) is 6.72. The van der Waals surface area contributed by atoms with Gasteiger partial charge in [-0.05, 0) is 30.4 Å². The number of ether oxygens (including phenoxy) is 1. The van der Waals surface area contributed by atoms with Crippen molar-refractivity contribution in [2.24, 2.45) is 5.41 Å². The number of hydrogen-bond acceptors (Lipinski definition) is 5. The molecule has 1 aliphatic rings. The number of pyridine rings is 1. The third-order valence-electron chi connectivity index (χ3n) is 3.11. The summed E-state index contributed by atoms with van der Waals surface area (Å²) in [6.07, 6.45) is 4.24. The monoisotopic (exact) mass is 262 g/mol. The summed E-state index contributed by atoms with van der Waals surface area (Å²) in [4.78, 5) is 15.5. The smallest absolute Gasteiger partial charge is 0.306 e. The fraction of sp³-hybridized carbons (Fsp3) is 0.462. The molecule has 0 radical (unpaired) electrons. The zero-order chi connectivity index (χ0) is 13.0. The quantitative estimate of drug-likeness (QED) is 0.602. The van der Waals surface area contributed by atoms with E-state index in [2.05, 4.69) is 11.1 Å². The molecule has 1 aliphatic carbocycles. The van der Waals surface area contributed by atoms with Gasteiger partial charge in [0.1, 0.15) is 11.1 Å². The van der Waals surface area contributed by atoms with Gasteiger partial charge in [-0.2, -0.15) is 5.26 Å². The van der Waals surface area contributed by atoms with E-state index in [9.17, 15) is 4.79 Å². The topological polar surface area (TPSA) is 63.0 Å². The van der Waals surface area contributed by atoms with Crippen LogP contribution in [0.15, 0.2) is 23.4 Å².